The van der Waals surface area contributed by atoms with Crippen molar-refractivity contribution in [1.29, 1.82) is 0 Å². The smallest absolute Gasteiger partial charge is 0.265 e. The zero-order valence-corrected chi connectivity index (χ0v) is 15.0. The first-order valence-electron chi connectivity index (χ1n) is 9.47. The van der Waals surface area contributed by atoms with E-state index in [9.17, 15) is 4.79 Å². The number of carbonyl (C=O) groups excluding carboxylic acids is 1. The molecule has 1 amide bonds. The van der Waals surface area contributed by atoms with E-state index in [0.29, 0.717) is 57.0 Å². The summed E-state index contributed by atoms with van der Waals surface area (Å²) in [4.78, 5) is 21.4. The lowest BCUT2D eigenvalue weighted by atomic mass is 10.1. The van der Waals surface area contributed by atoms with E-state index >= 15 is 0 Å². The van der Waals surface area contributed by atoms with Gasteiger partial charge in [-0.1, -0.05) is 17.3 Å². The van der Waals surface area contributed by atoms with E-state index < -0.39 is 6.10 Å². The van der Waals surface area contributed by atoms with Gasteiger partial charge in [-0.05, 0) is 25.0 Å². The predicted molar refractivity (Wildman–Crippen MR) is 95.6 cm³/mol. The van der Waals surface area contributed by atoms with Gasteiger partial charge in [0, 0.05) is 19.0 Å². The minimum absolute atomic E-state index is 0.00185. The zero-order chi connectivity index (χ0) is 18.2. The molecule has 0 spiro atoms. The average molecular weight is 370 g/mol. The fourth-order valence-corrected chi connectivity index (χ4v) is 3.58. The van der Waals surface area contributed by atoms with Crippen LogP contribution in [-0.4, -0.2) is 59.9 Å². The quantitative estimate of drug-likeness (QED) is 0.808. The number of para-hydroxylation sites is 2. The number of anilines is 1. The van der Waals surface area contributed by atoms with Gasteiger partial charge in [-0.2, -0.15) is 4.98 Å². The van der Waals surface area contributed by atoms with Gasteiger partial charge < -0.3 is 23.8 Å². The van der Waals surface area contributed by atoms with Gasteiger partial charge in [0.1, 0.15) is 5.75 Å². The van der Waals surface area contributed by atoms with Crippen molar-refractivity contribution in [2.24, 2.45) is 0 Å². The van der Waals surface area contributed by atoms with Crippen molar-refractivity contribution in [1.82, 2.24) is 15.0 Å². The molecule has 142 valence electrons. The van der Waals surface area contributed by atoms with E-state index in [1.807, 2.05) is 29.2 Å². The molecule has 2 aliphatic heterocycles. The Bertz CT molecular complexity index is 829. The molecule has 1 aliphatic carbocycles. The number of morpholine rings is 1. The molecule has 0 bridgehead atoms. The Labute approximate surface area is 157 Å². The van der Waals surface area contributed by atoms with Gasteiger partial charge in [-0.25, -0.2) is 0 Å². The van der Waals surface area contributed by atoms with Crippen LogP contribution >= 0.6 is 0 Å². The largest absolute Gasteiger partial charge is 0.477 e. The number of aromatic nitrogens is 2. The SMILES string of the molecule is O=C(C1CN(Cc2nc(C3CC3)no2)c2ccccc2O1)N1CCOCC1. The first-order valence-corrected chi connectivity index (χ1v) is 9.47. The minimum Gasteiger partial charge on any atom is -0.477 e. The minimum atomic E-state index is -0.552. The van der Waals surface area contributed by atoms with Gasteiger partial charge in [-0.3, -0.25) is 4.79 Å². The number of amides is 1. The normalized spacial score (nSPS) is 22.3. The summed E-state index contributed by atoms with van der Waals surface area (Å²) in [5, 5.41) is 4.09. The van der Waals surface area contributed by atoms with Crippen LogP contribution in [0.15, 0.2) is 28.8 Å². The molecule has 3 aliphatic rings. The Kier molecular flexibility index (Phi) is 4.20. The first kappa shape index (κ1) is 16.6. The molecule has 5 rings (SSSR count). The van der Waals surface area contributed by atoms with Crippen LogP contribution in [0.1, 0.15) is 30.5 Å². The molecule has 2 fully saturated rings. The predicted octanol–water partition coefficient (Wildman–Crippen LogP) is 1.57. The number of hydrogen-bond acceptors (Lipinski definition) is 7. The molecule has 1 atom stereocenters. The van der Waals surface area contributed by atoms with Crippen LogP contribution in [0.3, 0.4) is 0 Å². The maximum absolute atomic E-state index is 12.9. The first-order chi connectivity index (χ1) is 13.3. The number of fused-ring (bicyclic) bond motifs is 1. The Hall–Kier alpha value is -2.61. The van der Waals surface area contributed by atoms with Crippen LogP contribution < -0.4 is 9.64 Å². The molecule has 1 unspecified atom stereocenters. The van der Waals surface area contributed by atoms with Crippen LogP contribution in [0.2, 0.25) is 0 Å². The molecule has 3 heterocycles. The van der Waals surface area contributed by atoms with Crippen LogP contribution in [0.25, 0.3) is 0 Å². The summed E-state index contributed by atoms with van der Waals surface area (Å²) in [7, 11) is 0. The van der Waals surface area contributed by atoms with Gasteiger partial charge in [0.05, 0.1) is 32.0 Å². The molecule has 1 aromatic carbocycles. The van der Waals surface area contributed by atoms with Gasteiger partial charge >= 0.3 is 0 Å². The number of rotatable bonds is 4. The van der Waals surface area contributed by atoms with Crippen molar-refractivity contribution in [3.05, 3.63) is 36.0 Å². The van der Waals surface area contributed by atoms with Gasteiger partial charge in [-0.15, -0.1) is 0 Å². The maximum Gasteiger partial charge on any atom is 0.265 e. The summed E-state index contributed by atoms with van der Waals surface area (Å²) in [6.45, 7) is 3.28. The highest BCUT2D eigenvalue weighted by atomic mass is 16.5. The van der Waals surface area contributed by atoms with Gasteiger partial charge in [0.25, 0.3) is 5.91 Å². The van der Waals surface area contributed by atoms with Crippen molar-refractivity contribution in [3.63, 3.8) is 0 Å². The lowest BCUT2D eigenvalue weighted by molar-refractivity contribution is -0.142. The molecular weight excluding hydrogens is 348 g/mol. The van der Waals surface area contributed by atoms with E-state index in [1.54, 1.807) is 0 Å². The maximum atomic E-state index is 12.9. The molecule has 0 radical (unpaired) electrons. The second-order valence-corrected chi connectivity index (χ2v) is 7.21. The molecular formula is C19H22N4O4. The topological polar surface area (TPSA) is 80.9 Å². The third-order valence-electron chi connectivity index (χ3n) is 5.21. The number of benzene rings is 1. The summed E-state index contributed by atoms with van der Waals surface area (Å²) in [5.74, 6) is 2.54. The molecule has 0 N–H and O–H groups in total. The van der Waals surface area contributed by atoms with Crippen molar-refractivity contribution < 1.29 is 18.8 Å². The van der Waals surface area contributed by atoms with E-state index in [2.05, 4.69) is 15.0 Å². The molecule has 2 aromatic rings. The lowest BCUT2D eigenvalue weighted by Gasteiger charge is -2.37. The molecule has 8 nitrogen and oxygen atoms in total. The highest BCUT2D eigenvalue weighted by molar-refractivity contribution is 5.83. The van der Waals surface area contributed by atoms with Crippen molar-refractivity contribution >= 4 is 11.6 Å². The Balaban J connectivity index is 1.36. The van der Waals surface area contributed by atoms with Gasteiger partial charge in [0.2, 0.25) is 5.89 Å². The second-order valence-electron chi connectivity index (χ2n) is 7.21. The molecule has 1 saturated heterocycles. The summed E-state index contributed by atoms with van der Waals surface area (Å²) in [6, 6.07) is 7.76. The Morgan fingerprint density at radius 1 is 1.19 bits per heavy atom. The Morgan fingerprint density at radius 3 is 2.81 bits per heavy atom. The molecule has 8 heteroatoms. The van der Waals surface area contributed by atoms with Crippen LogP contribution in [-0.2, 0) is 16.1 Å². The summed E-state index contributed by atoms with van der Waals surface area (Å²) < 4.78 is 16.8. The summed E-state index contributed by atoms with van der Waals surface area (Å²) >= 11 is 0. The molecule has 1 saturated carbocycles. The van der Waals surface area contributed by atoms with Crippen LogP contribution in [0.4, 0.5) is 5.69 Å². The lowest BCUT2D eigenvalue weighted by Crippen LogP contribution is -2.52. The van der Waals surface area contributed by atoms with Gasteiger partial charge in [0.15, 0.2) is 11.9 Å². The van der Waals surface area contributed by atoms with E-state index in [1.165, 1.54) is 0 Å². The fourth-order valence-electron chi connectivity index (χ4n) is 3.58. The fraction of sp³-hybridized carbons (Fsp3) is 0.526. The summed E-state index contributed by atoms with van der Waals surface area (Å²) in [5.41, 5.74) is 0.940. The number of ether oxygens (including phenoxy) is 2. The third kappa shape index (κ3) is 3.37. The zero-order valence-electron chi connectivity index (χ0n) is 15.0. The molecule has 1 aromatic heterocycles. The molecule has 27 heavy (non-hydrogen) atoms. The third-order valence-corrected chi connectivity index (χ3v) is 5.21. The summed E-state index contributed by atoms with van der Waals surface area (Å²) in [6.07, 6.45) is 1.72. The standard InChI is InChI=1S/C19H22N4O4/c24-19(22-7-9-25-10-8-22)16-11-23(14-3-1-2-4-15(14)26-16)12-17-20-18(21-27-17)13-5-6-13/h1-4,13,16H,5-12H2. The van der Waals surface area contributed by atoms with Crippen molar-refractivity contribution in [2.75, 3.05) is 37.7 Å². The van der Waals surface area contributed by atoms with E-state index in [-0.39, 0.29) is 5.91 Å². The van der Waals surface area contributed by atoms with E-state index in [0.717, 1.165) is 24.4 Å². The second kappa shape index (κ2) is 6.84. The Morgan fingerprint density at radius 2 is 2.00 bits per heavy atom. The van der Waals surface area contributed by atoms with Crippen molar-refractivity contribution in [3.8, 4) is 5.75 Å². The average Bonchev–Trinajstić information content (AvgIpc) is 3.47. The number of nitrogens with zero attached hydrogens (tertiary/aromatic N) is 4. The highest BCUT2D eigenvalue weighted by Crippen LogP contribution is 2.38. The van der Waals surface area contributed by atoms with E-state index in [4.69, 9.17) is 14.0 Å². The highest BCUT2D eigenvalue weighted by Gasteiger charge is 2.35. The number of carbonyl (C=O) groups is 1. The van der Waals surface area contributed by atoms with Crippen molar-refractivity contribution in [2.45, 2.75) is 31.4 Å². The monoisotopic (exact) mass is 370 g/mol. The van der Waals surface area contributed by atoms with Crippen LogP contribution in [0.5, 0.6) is 5.75 Å². The van der Waals surface area contributed by atoms with Crippen LogP contribution in [0, 0.1) is 0 Å². The number of hydrogen-bond donors (Lipinski definition) is 0.